The molecule has 3 rings (SSSR count). The Labute approximate surface area is 146 Å². The summed E-state index contributed by atoms with van der Waals surface area (Å²) >= 11 is 0. The third-order valence-electron chi connectivity index (χ3n) is 4.13. The van der Waals surface area contributed by atoms with Gasteiger partial charge in [-0.15, -0.1) is 0 Å². The van der Waals surface area contributed by atoms with Crippen LogP contribution in [0.5, 0.6) is 0 Å². The molecule has 2 N–H and O–H groups in total. The molecule has 25 heavy (non-hydrogen) atoms. The Bertz CT molecular complexity index is 791. The van der Waals surface area contributed by atoms with Crippen LogP contribution >= 0.6 is 0 Å². The van der Waals surface area contributed by atoms with E-state index in [0.717, 1.165) is 12.1 Å². The van der Waals surface area contributed by atoms with Gasteiger partial charge in [-0.2, -0.15) is 4.39 Å². The highest BCUT2D eigenvalue weighted by Crippen LogP contribution is 2.26. The van der Waals surface area contributed by atoms with Crippen LogP contribution in [0.3, 0.4) is 0 Å². The minimum absolute atomic E-state index is 0.187. The zero-order valence-electron chi connectivity index (χ0n) is 14.3. The van der Waals surface area contributed by atoms with Crippen LogP contribution in [-0.2, 0) is 0 Å². The highest BCUT2D eigenvalue weighted by Gasteiger charge is 2.24. The summed E-state index contributed by atoms with van der Waals surface area (Å²) in [6.07, 6.45) is 2.92. The van der Waals surface area contributed by atoms with Gasteiger partial charge >= 0.3 is 0 Å². The van der Waals surface area contributed by atoms with Crippen LogP contribution in [-0.4, -0.2) is 28.5 Å². The fraction of sp³-hybridized carbons (Fsp3) is 0.263. The molecule has 0 radical (unpaired) electrons. The lowest BCUT2D eigenvalue weighted by molar-refractivity contribution is 0.102. The molecule has 0 spiro atoms. The van der Waals surface area contributed by atoms with Crippen molar-refractivity contribution in [3.05, 3.63) is 65.6 Å². The Balaban J connectivity index is 1.80. The van der Waals surface area contributed by atoms with E-state index in [1.54, 1.807) is 36.4 Å². The molecule has 0 bridgehead atoms. The minimum Gasteiger partial charge on any atom is -0.308 e. The molecule has 1 amide bonds. The summed E-state index contributed by atoms with van der Waals surface area (Å²) in [5, 5.41) is 4.54. The number of hydrogen-bond donors (Lipinski definition) is 2. The lowest BCUT2D eigenvalue weighted by Gasteiger charge is -2.22. The number of anilines is 1. The second-order valence-electron chi connectivity index (χ2n) is 5.80. The van der Waals surface area contributed by atoms with Gasteiger partial charge in [-0.1, -0.05) is 25.1 Å². The third-order valence-corrected chi connectivity index (χ3v) is 4.13. The Morgan fingerprint density at radius 3 is 2.64 bits per heavy atom. The topological polar surface area (TPSA) is 57.3 Å². The molecule has 0 fully saturated rings. The van der Waals surface area contributed by atoms with Gasteiger partial charge in [0.1, 0.15) is 5.82 Å². The van der Waals surface area contributed by atoms with E-state index in [4.69, 9.17) is 0 Å². The van der Waals surface area contributed by atoms with E-state index >= 15 is 0 Å². The van der Waals surface area contributed by atoms with Crippen molar-refractivity contribution in [2.24, 2.45) is 0 Å². The smallest absolute Gasteiger partial charge is 0.256 e. The van der Waals surface area contributed by atoms with Crippen LogP contribution in [0, 0.1) is 5.95 Å². The van der Waals surface area contributed by atoms with Gasteiger partial charge in [0.25, 0.3) is 5.91 Å². The highest BCUT2D eigenvalue weighted by molar-refractivity contribution is 6.03. The summed E-state index contributed by atoms with van der Waals surface area (Å²) in [4.78, 5) is 16.1. The predicted octanol–water partition coefficient (Wildman–Crippen LogP) is 3.43. The SMILES string of the molecule is CCC1C=C(c2ccc(NC(=O)c3ccccc3)nc2F)N(CC)N1. The monoisotopic (exact) mass is 340 g/mol. The maximum Gasteiger partial charge on any atom is 0.256 e. The third kappa shape index (κ3) is 3.69. The number of nitrogens with zero attached hydrogens (tertiary/aromatic N) is 2. The molecule has 1 unspecified atom stereocenters. The molecular formula is C19H21FN4O. The number of amides is 1. The number of benzene rings is 1. The first-order valence-electron chi connectivity index (χ1n) is 8.41. The highest BCUT2D eigenvalue weighted by atomic mass is 19.1. The molecule has 5 nitrogen and oxygen atoms in total. The Morgan fingerprint density at radius 2 is 2.00 bits per heavy atom. The predicted molar refractivity (Wildman–Crippen MR) is 96.2 cm³/mol. The van der Waals surface area contributed by atoms with Gasteiger partial charge in [0.15, 0.2) is 0 Å². The molecule has 1 atom stereocenters. The van der Waals surface area contributed by atoms with Crippen molar-refractivity contribution < 1.29 is 9.18 Å². The molecule has 2 aromatic rings. The number of carbonyl (C=O) groups is 1. The first-order valence-corrected chi connectivity index (χ1v) is 8.41. The van der Waals surface area contributed by atoms with Crippen molar-refractivity contribution in [1.82, 2.24) is 15.4 Å². The van der Waals surface area contributed by atoms with E-state index in [2.05, 4.69) is 22.7 Å². The van der Waals surface area contributed by atoms with E-state index in [1.165, 1.54) is 0 Å². The van der Waals surface area contributed by atoms with E-state index in [0.29, 0.717) is 17.7 Å². The zero-order valence-corrected chi connectivity index (χ0v) is 14.3. The van der Waals surface area contributed by atoms with Crippen molar-refractivity contribution in [3.8, 4) is 0 Å². The fourth-order valence-corrected chi connectivity index (χ4v) is 2.77. The fourth-order valence-electron chi connectivity index (χ4n) is 2.77. The van der Waals surface area contributed by atoms with E-state index in [-0.39, 0.29) is 17.8 Å². The summed E-state index contributed by atoms with van der Waals surface area (Å²) < 4.78 is 14.5. The number of pyridine rings is 1. The molecule has 2 heterocycles. The molecule has 0 aliphatic carbocycles. The Kier molecular flexibility index (Phi) is 5.09. The number of carbonyl (C=O) groups excluding carboxylic acids is 1. The summed E-state index contributed by atoms with van der Waals surface area (Å²) in [7, 11) is 0. The van der Waals surface area contributed by atoms with Crippen LogP contribution in [0.1, 0.15) is 36.2 Å². The van der Waals surface area contributed by atoms with E-state index in [1.807, 2.05) is 24.1 Å². The lowest BCUT2D eigenvalue weighted by atomic mass is 10.1. The van der Waals surface area contributed by atoms with Gasteiger partial charge in [-0.25, -0.2) is 10.4 Å². The Morgan fingerprint density at radius 1 is 1.24 bits per heavy atom. The molecule has 0 saturated carbocycles. The van der Waals surface area contributed by atoms with Gasteiger partial charge in [-0.05, 0) is 43.7 Å². The van der Waals surface area contributed by atoms with Crippen LogP contribution < -0.4 is 10.7 Å². The van der Waals surface area contributed by atoms with Crippen LogP contribution in [0.25, 0.3) is 5.70 Å². The molecular weight excluding hydrogens is 319 g/mol. The number of hydrogen-bond acceptors (Lipinski definition) is 4. The summed E-state index contributed by atoms with van der Waals surface area (Å²) in [5.74, 6) is -0.728. The first-order chi connectivity index (χ1) is 12.1. The van der Waals surface area contributed by atoms with Gasteiger partial charge in [0.05, 0.1) is 11.3 Å². The van der Waals surface area contributed by atoms with Crippen molar-refractivity contribution in [2.75, 3.05) is 11.9 Å². The minimum atomic E-state index is -0.603. The van der Waals surface area contributed by atoms with Crippen LogP contribution in [0.15, 0.2) is 48.5 Å². The summed E-state index contributed by atoms with van der Waals surface area (Å²) in [6, 6.07) is 12.2. The molecule has 1 aromatic carbocycles. The van der Waals surface area contributed by atoms with E-state index in [9.17, 15) is 9.18 Å². The zero-order chi connectivity index (χ0) is 17.8. The first kappa shape index (κ1) is 17.1. The van der Waals surface area contributed by atoms with Crippen molar-refractivity contribution >= 4 is 17.4 Å². The molecule has 1 aliphatic heterocycles. The molecule has 130 valence electrons. The quantitative estimate of drug-likeness (QED) is 0.819. The summed E-state index contributed by atoms with van der Waals surface area (Å²) in [5.41, 5.74) is 5.01. The number of aromatic nitrogens is 1. The largest absolute Gasteiger partial charge is 0.308 e. The van der Waals surface area contributed by atoms with Crippen molar-refractivity contribution in [1.29, 1.82) is 0 Å². The maximum absolute atomic E-state index is 14.5. The van der Waals surface area contributed by atoms with Gasteiger partial charge < -0.3 is 10.3 Å². The average molecular weight is 340 g/mol. The summed E-state index contributed by atoms with van der Waals surface area (Å²) in [6.45, 7) is 4.79. The maximum atomic E-state index is 14.5. The standard InChI is InChI=1S/C19H21FN4O/c1-3-14-12-16(24(4-2)23-14)15-10-11-17(21-18(15)20)22-19(25)13-8-6-5-7-9-13/h5-12,14,23H,3-4H2,1-2H3,(H,21,22,25). The number of nitrogens with one attached hydrogen (secondary N) is 2. The lowest BCUT2D eigenvalue weighted by Crippen LogP contribution is -2.36. The van der Waals surface area contributed by atoms with E-state index < -0.39 is 5.95 Å². The van der Waals surface area contributed by atoms with Gasteiger partial charge in [0.2, 0.25) is 5.95 Å². The normalized spacial score (nSPS) is 16.7. The second-order valence-corrected chi connectivity index (χ2v) is 5.80. The second kappa shape index (κ2) is 7.44. The van der Waals surface area contributed by atoms with Crippen molar-refractivity contribution in [2.45, 2.75) is 26.3 Å². The molecule has 1 aromatic heterocycles. The van der Waals surface area contributed by atoms with Crippen LogP contribution in [0.4, 0.5) is 10.2 Å². The molecule has 1 aliphatic rings. The molecule has 0 saturated heterocycles. The van der Waals surface area contributed by atoms with Crippen molar-refractivity contribution in [3.63, 3.8) is 0 Å². The molecule has 6 heteroatoms. The average Bonchev–Trinajstić information content (AvgIpc) is 3.06. The Hall–Kier alpha value is -2.73. The van der Waals surface area contributed by atoms with Crippen LogP contribution in [0.2, 0.25) is 0 Å². The number of rotatable bonds is 5. The number of halogens is 1. The van der Waals surface area contributed by atoms with Gasteiger partial charge in [-0.3, -0.25) is 4.79 Å². The number of hydrazine groups is 1. The van der Waals surface area contributed by atoms with Gasteiger partial charge in [0, 0.05) is 18.2 Å².